The average Bonchev–Trinajstić information content (AvgIpc) is 3.26. The second-order valence-corrected chi connectivity index (χ2v) is 18.0. The summed E-state index contributed by atoms with van der Waals surface area (Å²) >= 11 is 0. The van der Waals surface area contributed by atoms with Crippen molar-refractivity contribution in [3.8, 4) is 0 Å². The number of amides is 2. The maximum atomic E-state index is 12.6. The summed E-state index contributed by atoms with van der Waals surface area (Å²) < 4.78 is 23.6. The molecule has 19 heteroatoms. The minimum atomic E-state index is -2.23. The van der Waals surface area contributed by atoms with Crippen molar-refractivity contribution in [2.75, 3.05) is 7.05 Å². The monoisotopic (exact) mass is 952 g/mol. The zero-order valence-corrected chi connectivity index (χ0v) is 39.1. The number of carbonyl (C=O) groups excluding carboxylic acids is 2. The van der Waals surface area contributed by atoms with Crippen molar-refractivity contribution in [1.29, 1.82) is 0 Å². The van der Waals surface area contributed by atoms with Gasteiger partial charge in [-0.25, -0.2) is 4.79 Å². The number of aliphatic hydroxyl groups excluding tert-OH is 9. The largest absolute Gasteiger partial charge is 0.462 e. The lowest BCUT2D eigenvalue weighted by molar-refractivity contribution is -0.303. The molecule has 19 nitrogen and oxygen atoms in total. The number of ether oxygens (including phenoxy) is 4. The first-order valence-corrected chi connectivity index (χ1v) is 23.1. The van der Waals surface area contributed by atoms with E-state index < -0.39 is 147 Å². The number of urea groups is 1. The Bertz CT molecular complexity index is 1710. The number of rotatable bonds is 3. The van der Waals surface area contributed by atoms with Crippen LogP contribution in [0.5, 0.6) is 0 Å². The molecule has 0 aromatic heterocycles. The molecule has 2 amide bonds. The molecule has 0 aromatic rings. The molecule has 2 saturated heterocycles. The lowest BCUT2D eigenvalue weighted by Gasteiger charge is -2.46. The molecule has 0 spiro atoms. The number of allylic oxidation sites excluding steroid dienone is 12. The molecule has 3 aliphatic rings. The van der Waals surface area contributed by atoms with Crippen molar-refractivity contribution in [3.63, 3.8) is 0 Å². The molecule has 3 aliphatic heterocycles. The summed E-state index contributed by atoms with van der Waals surface area (Å²) in [6.07, 6.45) is 5.17. The molecule has 2 fully saturated rings. The Kier molecular flexibility index (Phi) is 24.8. The van der Waals surface area contributed by atoms with Crippen LogP contribution in [0, 0.1) is 11.8 Å². The molecule has 0 saturated carbocycles. The lowest BCUT2D eigenvalue weighted by Crippen LogP contribution is -2.63. The molecule has 0 radical (unpaired) electrons. The standard InChI is InChI=1S/C48H77N3O16/c1-28-18-16-14-12-10-8-6-7-9-11-13-15-17-19-35(66-46-45(61)41(49)44(60)31(4)65-46)25-39-42(51-47(62)50-5)38(57)27-48(63,67-39)26-34(54)23-37(56)36(55)21-20-32(52)22-33(53)24-40(58)64-30(3)29(2)43(28)59/h6-19,28-39,41-46,52-57,59-61,63H,20-27,49H2,1-5H3,(H2,50,51,62)/b7-6+,10-8+,11-9+,14-12+,15-13+,18-16+,19-17+/t28-,29-,30-,31?,32?,33?,34?,35?,36?,37?,38-,39-,41?,42+,43+,44?,45?,46?,48?/m0/s1. The third-order valence-corrected chi connectivity index (χ3v) is 12.3. The number of aliphatic hydroxyl groups is 10. The van der Waals surface area contributed by atoms with E-state index in [1.54, 1.807) is 69.4 Å². The first-order chi connectivity index (χ1) is 31.6. The quantitative estimate of drug-likeness (QED) is 0.169. The van der Waals surface area contributed by atoms with E-state index in [4.69, 9.17) is 24.7 Å². The van der Waals surface area contributed by atoms with Crippen LogP contribution in [0.15, 0.2) is 85.1 Å². The lowest BCUT2D eigenvalue weighted by atomic mass is 9.87. The van der Waals surface area contributed by atoms with Gasteiger partial charge in [-0.05, 0) is 33.1 Å². The Balaban J connectivity index is 1.89. The summed E-state index contributed by atoms with van der Waals surface area (Å²) in [5.74, 6) is -3.68. The number of cyclic esters (lactones) is 1. The van der Waals surface area contributed by atoms with Crippen molar-refractivity contribution < 1.29 is 79.6 Å². The summed E-state index contributed by atoms with van der Waals surface area (Å²) in [5, 5.41) is 114. The molecule has 3 rings (SSSR count). The third-order valence-electron chi connectivity index (χ3n) is 12.3. The van der Waals surface area contributed by atoms with Crippen LogP contribution >= 0.6 is 0 Å². The van der Waals surface area contributed by atoms with Crippen LogP contribution in [0.3, 0.4) is 0 Å². The Morgan fingerprint density at radius 1 is 0.687 bits per heavy atom. The normalized spacial score (nSPS) is 44.4. The van der Waals surface area contributed by atoms with Gasteiger partial charge in [-0.2, -0.15) is 0 Å². The van der Waals surface area contributed by atoms with Gasteiger partial charge in [0.05, 0.1) is 85.6 Å². The fraction of sp³-hybridized carbons (Fsp3) is 0.667. The number of fused-ring (bicyclic) bond motifs is 2. The summed E-state index contributed by atoms with van der Waals surface area (Å²) in [4.78, 5) is 25.2. The highest BCUT2D eigenvalue weighted by atomic mass is 16.7. The molecule has 0 aromatic carbocycles. The molecule has 67 heavy (non-hydrogen) atoms. The van der Waals surface area contributed by atoms with Crippen molar-refractivity contribution in [1.82, 2.24) is 10.6 Å². The summed E-state index contributed by atoms with van der Waals surface area (Å²) in [5.41, 5.74) is 6.07. The molecule has 0 aliphatic carbocycles. The van der Waals surface area contributed by atoms with Crippen LogP contribution in [0.1, 0.15) is 79.1 Å². The summed E-state index contributed by atoms with van der Waals surface area (Å²) in [6, 6.07) is -2.93. The van der Waals surface area contributed by atoms with Crippen molar-refractivity contribution in [2.24, 2.45) is 17.6 Å². The molecule has 3 heterocycles. The van der Waals surface area contributed by atoms with Crippen LogP contribution < -0.4 is 16.4 Å². The van der Waals surface area contributed by atoms with Crippen molar-refractivity contribution >= 4 is 12.0 Å². The summed E-state index contributed by atoms with van der Waals surface area (Å²) in [7, 11) is 1.37. The molecule has 380 valence electrons. The zero-order chi connectivity index (χ0) is 49.8. The molecule has 14 N–H and O–H groups in total. The fourth-order valence-electron chi connectivity index (χ4n) is 8.06. The first-order valence-electron chi connectivity index (χ1n) is 23.1. The number of carbonyl (C=O) groups is 2. The van der Waals surface area contributed by atoms with E-state index in [1.807, 2.05) is 43.4 Å². The van der Waals surface area contributed by atoms with Gasteiger partial charge >= 0.3 is 12.0 Å². The number of hydrogen-bond donors (Lipinski definition) is 13. The molecule has 19 atom stereocenters. The maximum Gasteiger partial charge on any atom is 0.314 e. The second kappa shape index (κ2) is 28.8. The van der Waals surface area contributed by atoms with Gasteiger partial charge in [-0.1, -0.05) is 98.9 Å². The van der Waals surface area contributed by atoms with E-state index in [0.29, 0.717) is 0 Å². The van der Waals surface area contributed by atoms with Crippen molar-refractivity contribution in [2.45, 2.75) is 183 Å². The van der Waals surface area contributed by atoms with Crippen LogP contribution in [-0.4, -0.2) is 174 Å². The maximum absolute atomic E-state index is 12.6. The molecular weight excluding hydrogens is 875 g/mol. The summed E-state index contributed by atoms with van der Waals surface area (Å²) in [6.45, 7) is 6.79. The van der Waals surface area contributed by atoms with E-state index >= 15 is 0 Å². The van der Waals surface area contributed by atoms with Gasteiger partial charge in [0.15, 0.2) is 12.1 Å². The van der Waals surface area contributed by atoms with Gasteiger partial charge in [0.1, 0.15) is 12.2 Å². The molecular formula is C48H77N3O16. The minimum absolute atomic E-state index is 0.0901. The van der Waals surface area contributed by atoms with Gasteiger partial charge in [0.25, 0.3) is 0 Å². The highest BCUT2D eigenvalue weighted by Crippen LogP contribution is 2.35. The average molecular weight is 952 g/mol. The van der Waals surface area contributed by atoms with Gasteiger partial charge in [0.2, 0.25) is 0 Å². The fourth-order valence-corrected chi connectivity index (χ4v) is 8.06. The van der Waals surface area contributed by atoms with Gasteiger partial charge in [-0.3, -0.25) is 4.79 Å². The smallest absolute Gasteiger partial charge is 0.314 e. The van der Waals surface area contributed by atoms with Gasteiger partial charge in [-0.15, -0.1) is 0 Å². The van der Waals surface area contributed by atoms with Gasteiger partial charge in [0, 0.05) is 44.6 Å². The number of hydrogen-bond acceptors (Lipinski definition) is 17. The van der Waals surface area contributed by atoms with Gasteiger partial charge < -0.3 is 86.4 Å². The second-order valence-electron chi connectivity index (χ2n) is 18.0. The molecule has 2 bridgehead atoms. The van der Waals surface area contributed by atoms with Crippen LogP contribution in [0.25, 0.3) is 0 Å². The van der Waals surface area contributed by atoms with E-state index in [0.717, 1.165) is 0 Å². The highest BCUT2D eigenvalue weighted by molar-refractivity contribution is 5.74. The Morgan fingerprint density at radius 2 is 1.27 bits per heavy atom. The van der Waals surface area contributed by atoms with Crippen molar-refractivity contribution in [3.05, 3.63) is 85.1 Å². The number of nitrogens with two attached hydrogens (primary N) is 1. The Labute approximate surface area is 393 Å². The van der Waals surface area contributed by atoms with Crippen LogP contribution in [-0.2, 0) is 23.7 Å². The Hall–Kier alpha value is -3.64. The predicted molar refractivity (Wildman–Crippen MR) is 247 cm³/mol. The van der Waals surface area contributed by atoms with Crippen LogP contribution in [0.4, 0.5) is 4.79 Å². The molecule has 12 unspecified atom stereocenters. The topological polar surface area (TPSA) is 323 Å². The van der Waals surface area contributed by atoms with E-state index in [-0.39, 0.29) is 31.6 Å². The first kappa shape index (κ1) is 57.7. The highest BCUT2D eigenvalue weighted by Gasteiger charge is 2.49. The van der Waals surface area contributed by atoms with E-state index in [2.05, 4.69) is 10.6 Å². The minimum Gasteiger partial charge on any atom is -0.462 e. The number of nitrogens with one attached hydrogen (secondary N) is 2. The van der Waals surface area contributed by atoms with Crippen LogP contribution in [0.2, 0.25) is 0 Å². The SMILES string of the molecule is CNC(=O)N[C@H]1[C@@H]2CC(OC3OC(C)C(O)C(N)C3O)/C=C/C=C/C=C/C=C/C=C/C=C/C=C/[C@H](C)[C@@H](O)[C@@H](C)[C@H](C)OC(=O)CC(O)CC(O)CCC(O)C(O)CC(O)CC(O)(C[C@@H]1O)O2. The van der Waals surface area contributed by atoms with E-state index in [1.165, 1.54) is 7.05 Å². The Morgan fingerprint density at radius 3 is 1.87 bits per heavy atom. The third kappa shape index (κ3) is 19.7. The van der Waals surface area contributed by atoms with E-state index in [9.17, 15) is 60.7 Å². The predicted octanol–water partition coefficient (Wildman–Crippen LogP) is 0.309. The zero-order valence-electron chi connectivity index (χ0n) is 39.1. The number of esters is 1.